The van der Waals surface area contributed by atoms with Crippen molar-refractivity contribution in [3.8, 4) is 0 Å². The van der Waals surface area contributed by atoms with E-state index < -0.39 is 16.1 Å². The zero-order valence-corrected chi connectivity index (χ0v) is 15.4. The number of nitrogens with zero attached hydrogens (tertiary/aromatic N) is 1. The van der Waals surface area contributed by atoms with E-state index in [0.29, 0.717) is 31.7 Å². The summed E-state index contributed by atoms with van der Waals surface area (Å²) in [7, 11) is -2.08. The van der Waals surface area contributed by atoms with E-state index in [9.17, 15) is 13.2 Å². The minimum absolute atomic E-state index is 0.210. The molecule has 1 aliphatic rings. The third-order valence-corrected chi connectivity index (χ3v) is 6.28. The molecule has 1 heterocycles. The van der Waals surface area contributed by atoms with Gasteiger partial charge in [-0.15, -0.1) is 0 Å². The number of rotatable bonds is 6. The maximum atomic E-state index is 12.9. The number of hydrogen-bond donors (Lipinski definition) is 1. The zero-order chi connectivity index (χ0) is 18.6. The summed E-state index contributed by atoms with van der Waals surface area (Å²) in [6.45, 7) is 0.792. The second-order valence-electron chi connectivity index (χ2n) is 6.21. The van der Waals surface area contributed by atoms with Crippen LogP contribution in [0.25, 0.3) is 0 Å². The van der Waals surface area contributed by atoms with Crippen LogP contribution >= 0.6 is 0 Å². The largest absolute Gasteiger partial charge is 0.380 e. The molecular formula is C19H22N2O4S. The number of hydrogen-bond acceptors (Lipinski definition) is 4. The Balaban J connectivity index is 1.78. The molecule has 1 unspecified atom stereocenters. The average molecular weight is 374 g/mol. The summed E-state index contributed by atoms with van der Waals surface area (Å²) >= 11 is 0. The first-order chi connectivity index (χ1) is 12.5. The molecule has 1 N–H and O–H groups in total. The molecule has 1 fully saturated rings. The van der Waals surface area contributed by atoms with Gasteiger partial charge in [-0.25, -0.2) is 8.42 Å². The van der Waals surface area contributed by atoms with E-state index in [1.807, 2.05) is 18.2 Å². The highest BCUT2D eigenvalue weighted by Crippen LogP contribution is 2.27. The van der Waals surface area contributed by atoms with Gasteiger partial charge in [-0.3, -0.25) is 4.79 Å². The van der Waals surface area contributed by atoms with Crippen LogP contribution in [0.2, 0.25) is 0 Å². The number of amides is 1. The van der Waals surface area contributed by atoms with Crippen LogP contribution in [0, 0.1) is 0 Å². The molecule has 2 aromatic rings. The summed E-state index contributed by atoms with van der Waals surface area (Å²) in [5, 5.41) is 2.84. The summed E-state index contributed by atoms with van der Waals surface area (Å²) in [5.41, 5.74) is 1.57. The van der Waals surface area contributed by atoms with E-state index >= 15 is 0 Å². The van der Waals surface area contributed by atoms with Gasteiger partial charge < -0.3 is 10.1 Å². The lowest BCUT2D eigenvalue weighted by atomic mass is 10.2. The predicted molar refractivity (Wildman–Crippen MR) is 99.1 cm³/mol. The number of methoxy groups -OCH3 is 1. The van der Waals surface area contributed by atoms with Crippen LogP contribution < -0.4 is 5.32 Å². The Kier molecular flexibility index (Phi) is 5.70. The molecule has 1 saturated heterocycles. The van der Waals surface area contributed by atoms with Crippen molar-refractivity contribution in [3.05, 3.63) is 60.2 Å². The smallest absolute Gasteiger partial charge is 0.243 e. The van der Waals surface area contributed by atoms with Crippen molar-refractivity contribution in [3.63, 3.8) is 0 Å². The van der Waals surface area contributed by atoms with Crippen LogP contribution in [-0.2, 0) is 26.2 Å². The molecule has 0 saturated carbocycles. The minimum Gasteiger partial charge on any atom is -0.380 e. The van der Waals surface area contributed by atoms with Gasteiger partial charge in [0.05, 0.1) is 11.5 Å². The fraction of sp³-hybridized carbons (Fsp3) is 0.316. The van der Waals surface area contributed by atoms with Crippen LogP contribution in [0.3, 0.4) is 0 Å². The molecule has 2 aromatic carbocycles. The van der Waals surface area contributed by atoms with Gasteiger partial charge in [0.25, 0.3) is 0 Å². The van der Waals surface area contributed by atoms with Gasteiger partial charge in [-0.1, -0.05) is 30.3 Å². The zero-order valence-electron chi connectivity index (χ0n) is 14.6. The number of nitrogens with one attached hydrogen (secondary N) is 1. The van der Waals surface area contributed by atoms with Crippen LogP contribution in [0.1, 0.15) is 18.4 Å². The Labute approximate surface area is 153 Å². The lowest BCUT2D eigenvalue weighted by Gasteiger charge is -2.23. The summed E-state index contributed by atoms with van der Waals surface area (Å²) in [5.74, 6) is -0.309. The molecule has 138 valence electrons. The summed E-state index contributed by atoms with van der Waals surface area (Å²) in [6.07, 6.45) is 1.17. The van der Waals surface area contributed by atoms with Crippen molar-refractivity contribution in [2.45, 2.75) is 30.4 Å². The summed E-state index contributed by atoms with van der Waals surface area (Å²) in [4.78, 5) is 12.9. The fourth-order valence-corrected chi connectivity index (χ4v) is 4.83. The van der Waals surface area contributed by atoms with Gasteiger partial charge in [-0.2, -0.15) is 4.31 Å². The Morgan fingerprint density at radius 3 is 2.69 bits per heavy atom. The molecular weight excluding hydrogens is 352 g/mol. The first-order valence-corrected chi connectivity index (χ1v) is 9.92. The third kappa shape index (κ3) is 3.95. The maximum Gasteiger partial charge on any atom is 0.243 e. The van der Waals surface area contributed by atoms with Gasteiger partial charge in [0.1, 0.15) is 6.04 Å². The quantitative estimate of drug-likeness (QED) is 0.843. The summed E-state index contributed by atoms with van der Waals surface area (Å²) < 4.78 is 32.1. The average Bonchev–Trinajstić information content (AvgIpc) is 3.14. The number of ether oxygens (including phenoxy) is 1. The van der Waals surface area contributed by atoms with E-state index in [2.05, 4.69) is 5.32 Å². The van der Waals surface area contributed by atoms with Crippen molar-refractivity contribution >= 4 is 21.6 Å². The molecule has 0 aliphatic carbocycles. The lowest BCUT2D eigenvalue weighted by molar-refractivity contribution is -0.119. The van der Waals surface area contributed by atoms with Crippen LogP contribution in [-0.4, -0.2) is 38.3 Å². The maximum absolute atomic E-state index is 12.9. The van der Waals surface area contributed by atoms with Crippen molar-refractivity contribution in [1.29, 1.82) is 0 Å². The molecule has 0 bridgehead atoms. The molecule has 0 radical (unpaired) electrons. The van der Waals surface area contributed by atoms with Gasteiger partial charge in [-0.05, 0) is 42.7 Å². The standard InChI is InChI=1S/C19H22N2O4S/c1-25-14-15-7-5-8-16(13-15)20-19(22)18-11-6-12-21(18)26(23,24)17-9-3-2-4-10-17/h2-5,7-10,13,18H,6,11-12,14H2,1H3,(H,20,22). The van der Waals surface area contributed by atoms with Crippen LogP contribution in [0.15, 0.2) is 59.5 Å². The Morgan fingerprint density at radius 1 is 1.19 bits per heavy atom. The first kappa shape index (κ1) is 18.6. The molecule has 0 spiro atoms. The topological polar surface area (TPSA) is 75.7 Å². The normalized spacial score (nSPS) is 18.0. The van der Waals surface area contributed by atoms with Gasteiger partial charge in [0.15, 0.2) is 0 Å². The monoisotopic (exact) mass is 374 g/mol. The SMILES string of the molecule is COCc1cccc(NC(=O)C2CCCN2S(=O)(=O)c2ccccc2)c1. The van der Waals surface area contributed by atoms with Gasteiger partial charge >= 0.3 is 0 Å². The Hall–Kier alpha value is -2.22. The Bertz CT molecular complexity index is 868. The minimum atomic E-state index is -3.69. The Morgan fingerprint density at radius 2 is 1.96 bits per heavy atom. The molecule has 3 rings (SSSR count). The number of anilines is 1. The third-order valence-electron chi connectivity index (χ3n) is 4.36. The molecule has 7 heteroatoms. The number of carbonyl (C=O) groups excluding carboxylic acids is 1. The van der Waals surface area contributed by atoms with E-state index in [0.717, 1.165) is 5.56 Å². The van der Waals surface area contributed by atoms with Crippen LogP contribution in [0.5, 0.6) is 0 Å². The van der Waals surface area contributed by atoms with Crippen molar-refractivity contribution < 1.29 is 17.9 Å². The van der Waals surface area contributed by atoms with Crippen molar-refractivity contribution in [1.82, 2.24) is 4.31 Å². The lowest BCUT2D eigenvalue weighted by Crippen LogP contribution is -2.43. The molecule has 1 amide bonds. The second kappa shape index (κ2) is 7.99. The molecule has 0 aromatic heterocycles. The highest BCUT2D eigenvalue weighted by Gasteiger charge is 2.39. The fourth-order valence-electron chi connectivity index (χ4n) is 3.15. The van der Waals surface area contributed by atoms with Crippen molar-refractivity contribution in [2.24, 2.45) is 0 Å². The predicted octanol–water partition coefficient (Wildman–Crippen LogP) is 2.62. The number of sulfonamides is 1. The van der Waals surface area contributed by atoms with E-state index in [4.69, 9.17) is 4.74 Å². The van der Waals surface area contributed by atoms with E-state index in [1.165, 1.54) is 4.31 Å². The number of carbonyl (C=O) groups is 1. The van der Waals surface area contributed by atoms with Crippen LogP contribution in [0.4, 0.5) is 5.69 Å². The first-order valence-electron chi connectivity index (χ1n) is 8.48. The van der Waals surface area contributed by atoms with E-state index in [1.54, 1.807) is 43.5 Å². The van der Waals surface area contributed by atoms with Gasteiger partial charge in [0, 0.05) is 19.3 Å². The summed E-state index contributed by atoms with van der Waals surface area (Å²) in [6, 6.07) is 14.9. The van der Waals surface area contributed by atoms with Gasteiger partial charge in [0.2, 0.25) is 15.9 Å². The van der Waals surface area contributed by atoms with E-state index in [-0.39, 0.29) is 10.8 Å². The number of benzene rings is 2. The molecule has 6 nitrogen and oxygen atoms in total. The highest BCUT2D eigenvalue weighted by atomic mass is 32.2. The molecule has 1 aliphatic heterocycles. The molecule has 1 atom stereocenters. The second-order valence-corrected chi connectivity index (χ2v) is 8.10. The molecule has 26 heavy (non-hydrogen) atoms. The highest BCUT2D eigenvalue weighted by molar-refractivity contribution is 7.89. The van der Waals surface area contributed by atoms with Crippen molar-refractivity contribution in [2.75, 3.05) is 19.0 Å².